The van der Waals surface area contributed by atoms with E-state index < -0.39 is 15.3 Å². The van der Waals surface area contributed by atoms with Crippen LogP contribution in [-0.2, 0) is 16.4 Å². The maximum atomic E-state index is 13.4. The fourth-order valence-corrected chi connectivity index (χ4v) is 4.94. The minimum atomic E-state index is -4.02. The van der Waals surface area contributed by atoms with E-state index in [4.69, 9.17) is 9.47 Å². The number of aromatic nitrogens is 1. The lowest BCUT2D eigenvalue weighted by Gasteiger charge is -2.15. The Morgan fingerprint density at radius 1 is 0.844 bits per heavy atom. The Kier molecular flexibility index (Phi) is 5.76. The molecule has 1 aromatic heterocycles. The molecular weight excluding hydrogens is 426 g/mol. The first-order valence-corrected chi connectivity index (χ1v) is 11.5. The van der Waals surface area contributed by atoms with Crippen LogP contribution in [0.25, 0.3) is 10.9 Å². The predicted octanol–water partition coefficient (Wildman–Crippen LogP) is 4.21. The molecule has 0 saturated carbocycles. The first kappa shape index (κ1) is 21.6. The number of rotatable bonds is 6. The SMILES string of the molecule is COc1ccc(Cn2cc(S(=O)(=O)c3ccc(C)cc3)c(=O)c3cc(OC)ccc32)cc1. The van der Waals surface area contributed by atoms with E-state index in [0.29, 0.717) is 17.8 Å². The summed E-state index contributed by atoms with van der Waals surface area (Å²) < 4.78 is 39.0. The molecule has 0 N–H and O–H groups in total. The van der Waals surface area contributed by atoms with Crippen molar-refractivity contribution in [1.82, 2.24) is 4.57 Å². The molecule has 0 atom stereocenters. The second kappa shape index (κ2) is 8.51. The second-order valence-corrected chi connectivity index (χ2v) is 9.42. The van der Waals surface area contributed by atoms with Gasteiger partial charge in [-0.05, 0) is 55.0 Å². The Hall–Kier alpha value is -3.58. The highest BCUT2D eigenvalue weighted by Crippen LogP contribution is 2.25. The van der Waals surface area contributed by atoms with Gasteiger partial charge in [0.05, 0.1) is 30.0 Å². The van der Waals surface area contributed by atoms with E-state index in [1.165, 1.54) is 25.4 Å². The largest absolute Gasteiger partial charge is 0.497 e. The van der Waals surface area contributed by atoms with E-state index in [0.717, 1.165) is 16.9 Å². The van der Waals surface area contributed by atoms with Gasteiger partial charge in [0.1, 0.15) is 16.4 Å². The highest BCUT2D eigenvalue weighted by molar-refractivity contribution is 7.91. The summed E-state index contributed by atoms with van der Waals surface area (Å²) in [7, 11) is -0.916. The summed E-state index contributed by atoms with van der Waals surface area (Å²) >= 11 is 0. The van der Waals surface area contributed by atoms with Crippen molar-refractivity contribution in [1.29, 1.82) is 0 Å². The van der Waals surface area contributed by atoms with Crippen molar-refractivity contribution in [2.45, 2.75) is 23.3 Å². The molecule has 164 valence electrons. The Balaban J connectivity index is 1.93. The fraction of sp³-hybridized carbons (Fsp3) is 0.160. The van der Waals surface area contributed by atoms with E-state index in [1.807, 2.05) is 31.2 Å². The summed E-state index contributed by atoms with van der Waals surface area (Å²) in [5.41, 5.74) is 1.94. The molecule has 0 bridgehead atoms. The van der Waals surface area contributed by atoms with Gasteiger partial charge in [0.2, 0.25) is 15.3 Å². The molecule has 0 aliphatic rings. The molecule has 0 unspecified atom stereocenters. The molecule has 4 aromatic rings. The topological polar surface area (TPSA) is 74.6 Å². The molecule has 0 radical (unpaired) electrons. The standard InChI is InChI=1S/C25H23NO5S/c1-17-4-11-21(12-5-17)32(28,29)24-16-26(15-18-6-8-19(30-2)9-7-18)23-13-10-20(31-3)14-22(23)25(24)27/h4-14,16H,15H2,1-3H3. The van der Waals surface area contributed by atoms with Gasteiger partial charge in [-0.2, -0.15) is 0 Å². The molecule has 7 heteroatoms. The van der Waals surface area contributed by atoms with E-state index in [1.54, 1.807) is 42.0 Å². The van der Waals surface area contributed by atoms with Gasteiger partial charge in [0.25, 0.3) is 0 Å². The minimum Gasteiger partial charge on any atom is -0.497 e. The Morgan fingerprint density at radius 2 is 1.47 bits per heavy atom. The highest BCUT2D eigenvalue weighted by atomic mass is 32.2. The molecule has 0 aliphatic carbocycles. The number of sulfone groups is 1. The molecule has 6 nitrogen and oxygen atoms in total. The van der Waals surface area contributed by atoms with Gasteiger partial charge < -0.3 is 14.0 Å². The van der Waals surface area contributed by atoms with Crippen molar-refractivity contribution in [3.05, 3.63) is 94.3 Å². The van der Waals surface area contributed by atoms with Crippen LogP contribution in [0.2, 0.25) is 0 Å². The molecule has 32 heavy (non-hydrogen) atoms. The lowest BCUT2D eigenvalue weighted by molar-refractivity contribution is 0.414. The summed E-state index contributed by atoms with van der Waals surface area (Å²) in [5, 5.41) is 0.283. The average Bonchev–Trinajstić information content (AvgIpc) is 2.81. The van der Waals surface area contributed by atoms with Crippen LogP contribution in [0.3, 0.4) is 0 Å². The van der Waals surface area contributed by atoms with Crippen LogP contribution in [0.4, 0.5) is 0 Å². The fourth-order valence-electron chi connectivity index (χ4n) is 3.57. The molecule has 0 aliphatic heterocycles. The number of benzene rings is 3. The first-order valence-electron chi connectivity index (χ1n) is 9.99. The van der Waals surface area contributed by atoms with Crippen molar-refractivity contribution >= 4 is 20.7 Å². The number of hydrogen-bond acceptors (Lipinski definition) is 5. The van der Waals surface area contributed by atoms with Crippen molar-refractivity contribution in [2.24, 2.45) is 0 Å². The number of aryl methyl sites for hydroxylation is 1. The minimum absolute atomic E-state index is 0.0819. The van der Waals surface area contributed by atoms with Gasteiger partial charge in [-0.3, -0.25) is 4.79 Å². The number of nitrogens with zero attached hydrogens (tertiary/aromatic N) is 1. The quantitative estimate of drug-likeness (QED) is 0.441. The van der Waals surface area contributed by atoms with Crippen LogP contribution >= 0.6 is 0 Å². The van der Waals surface area contributed by atoms with Gasteiger partial charge in [-0.15, -0.1) is 0 Å². The molecule has 0 fully saturated rings. The van der Waals surface area contributed by atoms with Gasteiger partial charge in [-0.1, -0.05) is 29.8 Å². The molecule has 4 rings (SSSR count). The van der Waals surface area contributed by atoms with Crippen LogP contribution in [0.15, 0.2) is 87.5 Å². The van der Waals surface area contributed by atoms with Crippen molar-refractivity contribution in [3.63, 3.8) is 0 Å². The Bertz CT molecular complexity index is 1440. The van der Waals surface area contributed by atoms with Crippen LogP contribution in [0.1, 0.15) is 11.1 Å². The van der Waals surface area contributed by atoms with Crippen LogP contribution in [0, 0.1) is 6.92 Å². The maximum Gasteiger partial charge on any atom is 0.211 e. The number of pyridine rings is 1. The van der Waals surface area contributed by atoms with Gasteiger partial charge in [0.15, 0.2) is 0 Å². The van der Waals surface area contributed by atoms with Crippen molar-refractivity contribution in [3.8, 4) is 11.5 Å². The summed E-state index contributed by atoms with van der Waals surface area (Å²) in [6.07, 6.45) is 1.43. The normalized spacial score (nSPS) is 11.5. The molecular formula is C25H23NO5S. The molecule has 0 saturated heterocycles. The van der Waals surface area contributed by atoms with Crippen molar-refractivity contribution < 1.29 is 17.9 Å². The lowest BCUT2D eigenvalue weighted by atomic mass is 10.1. The summed E-state index contributed by atoms with van der Waals surface area (Å²) in [5.74, 6) is 1.21. The van der Waals surface area contributed by atoms with Crippen LogP contribution < -0.4 is 14.9 Å². The van der Waals surface area contributed by atoms with Gasteiger partial charge >= 0.3 is 0 Å². The Labute approximate surface area is 186 Å². The van der Waals surface area contributed by atoms with Gasteiger partial charge in [0, 0.05) is 12.7 Å². The number of methoxy groups -OCH3 is 2. The van der Waals surface area contributed by atoms with E-state index >= 15 is 0 Å². The zero-order valence-corrected chi connectivity index (χ0v) is 18.8. The lowest BCUT2D eigenvalue weighted by Crippen LogP contribution is -2.19. The van der Waals surface area contributed by atoms with Crippen LogP contribution in [0.5, 0.6) is 11.5 Å². The number of fused-ring (bicyclic) bond motifs is 1. The summed E-state index contributed by atoms with van der Waals surface area (Å²) in [6, 6.07) is 19.1. The second-order valence-electron chi connectivity index (χ2n) is 7.50. The summed E-state index contributed by atoms with van der Waals surface area (Å²) in [4.78, 5) is 13.1. The predicted molar refractivity (Wildman–Crippen MR) is 123 cm³/mol. The zero-order chi connectivity index (χ0) is 22.9. The van der Waals surface area contributed by atoms with Crippen molar-refractivity contribution in [2.75, 3.05) is 14.2 Å². The van der Waals surface area contributed by atoms with E-state index in [-0.39, 0.29) is 15.2 Å². The first-order chi connectivity index (χ1) is 15.3. The number of ether oxygens (including phenoxy) is 2. The smallest absolute Gasteiger partial charge is 0.211 e. The monoisotopic (exact) mass is 449 g/mol. The average molecular weight is 450 g/mol. The third kappa shape index (κ3) is 3.99. The molecule has 0 spiro atoms. The van der Waals surface area contributed by atoms with Crippen LogP contribution in [-0.4, -0.2) is 27.2 Å². The highest BCUT2D eigenvalue weighted by Gasteiger charge is 2.24. The zero-order valence-electron chi connectivity index (χ0n) is 18.0. The van der Waals surface area contributed by atoms with E-state index in [2.05, 4.69) is 0 Å². The maximum absolute atomic E-state index is 13.4. The molecule has 0 amide bonds. The van der Waals surface area contributed by atoms with E-state index in [9.17, 15) is 13.2 Å². The summed E-state index contributed by atoms with van der Waals surface area (Å²) in [6.45, 7) is 2.25. The third-order valence-electron chi connectivity index (χ3n) is 5.39. The van der Waals surface area contributed by atoms with Gasteiger partial charge in [-0.25, -0.2) is 8.42 Å². The third-order valence-corrected chi connectivity index (χ3v) is 7.15. The molecule has 3 aromatic carbocycles. The Morgan fingerprint density at radius 3 is 2.09 bits per heavy atom. The number of hydrogen-bond donors (Lipinski definition) is 0. The molecule has 1 heterocycles.